The van der Waals surface area contributed by atoms with Crippen molar-refractivity contribution in [1.29, 1.82) is 0 Å². The van der Waals surface area contributed by atoms with Gasteiger partial charge < -0.3 is 14.8 Å². The molecule has 1 fully saturated rings. The van der Waals surface area contributed by atoms with Gasteiger partial charge in [0.15, 0.2) is 16.6 Å². The SMILES string of the molecule is COc1ccc(CCN2C(=O)CC(=O)NC2=S)cc1OC. The predicted octanol–water partition coefficient (Wildman–Crippen LogP) is 0.880. The minimum atomic E-state index is -0.354. The van der Waals surface area contributed by atoms with Gasteiger partial charge in [0.25, 0.3) is 0 Å². The number of benzene rings is 1. The van der Waals surface area contributed by atoms with E-state index in [1.807, 2.05) is 18.2 Å². The number of carbonyl (C=O) groups excluding carboxylic acids is 2. The number of thiocarbonyl (C=S) groups is 1. The van der Waals surface area contributed by atoms with Gasteiger partial charge in [0.05, 0.1) is 14.2 Å². The minimum absolute atomic E-state index is 0.161. The molecule has 1 N–H and O–H groups in total. The average Bonchev–Trinajstić information content (AvgIpc) is 2.45. The highest BCUT2D eigenvalue weighted by Gasteiger charge is 2.27. The first-order valence-corrected chi connectivity index (χ1v) is 6.81. The van der Waals surface area contributed by atoms with Gasteiger partial charge in [0.2, 0.25) is 11.8 Å². The quantitative estimate of drug-likeness (QED) is 0.646. The number of nitrogens with zero attached hydrogens (tertiary/aromatic N) is 1. The van der Waals surface area contributed by atoms with Gasteiger partial charge in [-0.1, -0.05) is 6.07 Å². The van der Waals surface area contributed by atoms with Gasteiger partial charge in [-0.3, -0.25) is 14.5 Å². The Bertz CT molecular complexity index is 568. The van der Waals surface area contributed by atoms with Crippen LogP contribution >= 0.6 is 12.2 Å². The molecule has 1 heterocycles. The van der Waals surface area contributed by atoms with Crippen LogP contribution in [0.1, 0.15) is 12.0 Å². The first kappa shape index (κ1) is 15.2. The molecule has 1 aromatic carbocycles. The van der Waals surface area contributed by atoms with Crippen LogP contribution in [-0.4, -0.2) is 42.6 Å². The van der Waals surface area contributed by atoms with Gasteiger partial charge in [-0.05, 0) is 36.3 Å². The van der Waals surface area contributed by atoms with Crippen LogP contribution in [0.3, 0.4) is 0 Å². The molecule has 1 saturated heterocycles. The van der Waals surface area contributed by atoms with Crippen molar-refractivity contribution < 1.29 is 19.1 Å². The Morgan fingerprint density at radius 2 is 1.95 bits per heavy atom. The lowest BCUT2D eigenvalue weighted by Gasteiger charge is -2.27. The highest BCUT2D eigenvalue weighted by Crippen LogP contribution is 2.27. The number of methoxy groups -OCH3 is 2. The summed E-state index contributed by atoms with van der Waals surface area (Å²) in [7, 11) is 3.14. The Kier molecular flexibility index (Phi) is 4.74. The van der Waals surface area contributed by atoms with E-state index in [1.54, 1.807) is 14.2 Å². The van der Waals surface area contributed by atoms with E-state index in [1.165, 1.54) is 4.90 Å². The number of nitrogens with one attached hydrogen (secondary N) is 1. The Morgan fingerprint density at radius 3 is 2.57 bits per heavy atom. The van der Waals surface area contributed by atoms with Crippen LogP contribution in [0, 0.1) is 0 Å². The fourth-order valence-corrected chi connectivity index (χ4v) is 2.39. The topological polar surface area (TPSA) is 67.9 Å². The summed E-state index contributed by atoms with van der Waals surface area (Å²) >= 11 is 5.01. The lowest BCUT2D eigenvalue weighted by atomic mass is 10.1. The molecule has 2 rings (SSSR count). The Hall–Kier alpha value is -2.15. The number of amides is 2. The summed E-state index contributed by atoms with van der Waals surface area (Å²) in [6.07, 6.45) is 0.439. The number of hydrogen-bond donors (Lipinski definition) is 1. The lowest BCUT2D eigenvalue weighted by molar-refractivity contribution is -0.134. The molecule has 1 aliphatic rings. The van der Waals surface area contributed by atoms with Crippen LogP contribution in [0.15, 0.2) is 18.2 Å². The van der Waals surface area contributed by atoms with E-state index in [9.17, 15) is 9.59 Å². The summed E-state index contributed by atoms with van der Waals surface area (Å²) in [6.45, 7) is 0.410. The van der Waals surface area contributed by atoms with Crippen LogP contribution in [0.25, 0.3) is 0 Å². The molecule has 0 atom stereocenters. The number of ether oxygens (including phenoxy) is 2. The number of carbonyl (C=O) groups is 2. The first-order chi connectivity index (χ1) is 10.0. The van der Waals surface area contributed by atoms with Crippen molar-refractivity contribution >= 4 is 29.1 Å². The smallest absolute Gasteiger partial charge is 0.238 e. The third-order valence-electron chi connectivity index (χ3n) is 3.18. The summed E-state index contributed by atoms with van der Waals surface area (Å²) in [5.74, 6) is 0.658. The molecule has 21 heavy (non-hydrogen) atoms. The molecule has 0 saturated carbocycles. The van der Waals surface area contributed by atoms with Crippen LogP contribution < -0.4 is 14.8 Å². The maximum atomic E-state index is 11.8. The average molecular weight is 308 g/mol. The Morgan fingerprint density at radius 1 is 1.24 bits per heavy atom. The molecule has 0 unspecified atom stereocenters. The van der Waals surface area contributed by atoms with E-state index in [0.29, 0.717) is 24.5 Å². The molecular weight excluding hydrogens is 292 g/mol. The van der Waals surface area contributed by atoms with E-state index < -0.39 is 0 Å². The minimum Gasteiger partial charge on any atom is -0.493 e. The Balaban J connectivity index is 2.04. The molecule has 0 radical (unpaired) electrons. The van der Waals surface area contributed by atoms with Crippen LogP contribution in [0.4, 0.5) is 0 Å². The molecular formula is C14H16N2O4S. The van der Waals surface area contributed by atoms with Crippen LogP contribution in [0.2, 0.25) is 0 Å². The third-order valence-corrected chi connectivity index (χ3v) is 3.50. The van der Waals surface area contributed by atoms with Crippen molar-refractivity contribution in [3.8, 4) is 11.5 Å². The number of hydrogen-bond acceptors (Lipinski definition) is 5. The zero-order valence-electron chi connectivity index (χ0n) is 11.8. The van der Waals surface area contributed by atoms with Crippen molar-refractivity contribution in [2.24, 2.45) is 0 Å². The normalized spacial score (nSPS) is 15.0. The molecule has 0 bridgehead atoms. The molecule has 0 spiro atoms. The van der Waals surface area contributed by atoms with Crippen LogP contribution in [-0.2, 0) is 16.0 Å². The van der Waals surface area contributed by atoms with Gasteiger partial charge in [-0.15, -0.1) is 0 Å². The molecule has 1 aliphatic heterocycles. The van der Waals surface area contributed by atoms with Gasteiger partial charge in [-0.25, -0.2) is 0 Å². The fourth-order valence-electron chi connectivity index (χ4n) is 2.08. The van der Waals surface area contributed by atoms with E-state index in [-0.39, 0.29) is 23.3 Å². The molecule has 0 aliphatic carbocycles. The van der Waals surface area contributed by atoms with Crippen LogP contribution in [0.5, 0.6) is 11.5 Å². The molecule has 0 aromatic heterocycles. The van der Waals surface area contributed by atoms with Gasteiger partial charge >= 0.3 is 0 Å². The predicted molar refractivity (Wildman–Crippen MR) is 80.3 cm³/mol. The summed E-state index contributed by atoms with van der Waals surface area (Å²) in [5, 5.41) is 2.65. The molecule has 1 aromatic rings. The standard InChI is InChI=1S/C14H16N2O4S/c1-19-10-4-3-9(7-11(10)20-2)5-6-16-13(18)8-12(17)15-14(16)21/h3-4,7H,5-6,8H2,1-2H3,(H,15,17,21). The third kappa shape index (κ3) is 3.49. The summed E-state index contributed by atoms with van der Waals surface area (Å²) in [4.78, 5) is 24.4. The summed E-state index contributed by atoms with van der Waals surface area (Å²) in [5.41, 5.74) is 0.986. The fraction of sp³-hybridized carbons (Fsp3) is 0.357. The zero-order chi connectivity index (χ0) is 15.4. The Labute approximate surface area is 128 Å². The van der Waals surface area contributed by atoms with Gasteiger partial charge in [-0.2, -0.15) is 0 Å². The monoisotopic (exact) mass is 308 g/mol. The van der Waals surface area contributed by atoms with Gasteiger partial charge in [0.1, 0.15) is 6.42 Å². The maximum Gasteiger partial charge on any atom is 0.238 e. The number of rotatable bonds is 5. The van der Waals surface area contributed by atoms with E-state index in [4.69, 9.17) is 21.7 Å². The second-order valence-corrected chi connectivity index (χ2v) is 4.90. The molecule has 112 valence electrons. The summed E-state index contributed by atoms with van der Waals surface area (Å²) < 4.78 is 10.4. The van der Waals surface area contributed by atoms with Gasteiger partial charge in [0, 0.05) is 6.54 Å². The molecule has 6 nitrogen and oxygen atoms in total. The van der Waals surface area contributed by atoms with E-state index in [0.717, 1.165) is 5.56 Å². The molecule has 2 amide bonds. The lowest BCUT2D eigenvalue weighted by Crippen LogP contribution is -2.53. The summed E-state index contributed by atoms with van der Waals surface area (Å²) in [6, 6.07) is 5.57. The van der Waals surface area contributed by atoms with Crippen molar-refractivity contribution in [2.75, 3.05) is 20.8 Å². The maximum absolute atomic E-state index is 11.8. The zero-order valence-corrected chi connectivity index (χ0v) is 12.7. The van der Waals surface area contributed by atoms with Crippen molar-refractivity contribution in [3.05, 3.63) is 23.8 Å². The largest absolute Gasteiger partial charge is 0.493 e. The van der Waals surface area contributed by atoms with E-state index >= 15 is 0 Å². The highest BCUT2D eigenvalue weighted by atomic mass is 32.1. The van der Waals surface area contributed by atoms with Crippen molar-refractivity contribution in [1.82, 2.24) is 10.2 Å². The molecule has 7 heteroatoms. The second kappa shape index (κ2) is 6.53. The second-order valence-electron chi connectivity index (χ2n) is 4.51. The first-order valence-electron chi connectivity index (χ1n) is 6.40. The van der Waals surface area contributed by atoms with Crippen molar-refractivity contribution in [3.63, 3.8) is 0 Å². The van der Waals surface area contributed by atoms with E-state index in [2.05, 4.69) is 5.32 Å². The highest BCUT2D eigenvalue weighted by molar-refractivity contribution is 7.80. The van der Waals surface area contributed by atoms with Crippen molar-refractivity contribution in [2.45, 2.75) is 12.8 Å².